The Morgan fingerprint density at radius 2 is 1.68 bits per heavy atom. The number of halogens is 3. The van der Waals surface area contributed by atoms with Crippen LogP contribution >= 0.6 is 0 Å². The van der Waals surface area contributed by atoms with E-state index in [9.17, 15) is 13.2 Å². The summed E-state index contributed by atoms with van der Waals surface area (Å²) in [5.41, 5.74) is 5.64. The average Bonchev–Trinajstić information content (AvgIpc) is 2.73. The second-order valence-electron chi connectivity index (χ2n) is 6.20. The molecule has 0 amide bonds. The van der Waals surface area contributed by atoms with E-state index in [2.05, 4.69) is 0 Å². The van der Waals surface area contributed by atoms with Crippen LogP contribution < -0.4 is 5.73 Å². The van der Waals surface area contributed by atoms with Crippen molar-refractivity contribution in [3.63, 3.8) is 0 Å². The molecule has 0 saturated heterocycles. The van der Waals surface area contributed by atoms with Crippen LogP contribution in [0.2, 0.25) is 0 Å². The van der Waals surface area contributed by atoms with E-state index in [0.29, 0.717) is 12.5 Å². The summed E-state index contributed by atoms with van der Waals surface area (Å²) in [6.45, 7) is 6.05. The summed E-state index contributed by atoms with van der Waals surface area (Å²) in [5.74, 6) is 0.408. The van der Waals surface area contributed by atoms with Crippen LogP contribution in [0.15, 0.2) is 0 Å². The third kappa shape index (κ3) is 4.95. The molecule has 1 saturated carbocycles. The molecule has 5 heteroatoms. The number of alkyl halides is 3. The summed E-state index contributed by atoms with van der Waals surface area (Å²) in [5, 5.41) is 0. The van der Waals surface area contributed by atoms with Crippen molar-refractivity contribution in [3.8, 4) is 0 Å². The van der Waals surface area contributed by atoms with Crippen LogP contribution in [0.1, 0.15) is 52.9 Å². The molecular formula is C14H27F3N2. The van der Waals surface area contributed by atoms with Gasteiger partial charge in [0.2, 0.25) is 0 Å². The first kappa shape index (κ1) is 16.8. The fourth-order valence-corrected chi connectivity index (χ4v) is 2.98. The van der Waals surface area contributed by atoms with Crippen molar-refractivity contribution in [1.29, 1.82) is 0 Å². The zero-order valence-electron chi connectivity index (χ0n) is 12.2. The van der Waals surface area contributed by atoms with Crippen LogP contribution in [0.5, 0.6) is 0 Å². The third-order valence-electron chi connectivity index (χ3n) is 3.95. The minimum atomic E-state index is -4.24. The zero-order valence-corrected chi connectivity index (χ0v) is 12.2. The molecule has 2 atom stereocenters. The molecule has 1 aliphatic rings. The summed E-state index contributed by atoms with van der Waals surface area (Å²) in [6.07, 6.45) is 0.358. The number of hydrogen-bond acceptors (Lipinski definition) is 2. The molecule has 0 bridgehead atoms. The molecule has 1 fully saturated rings. The Labute approximate surface area is 114 Å². The molecule has 2 unspecified atom stereocenters. The molecule has 2 nitrogen and oxygen atoms in total. The van der Waals surface area contributed by atoms with Crippen LogP contribution in [0.4, 0.5) is 13.2 Å². The Morgan fingerprint density at radius 3 is 2.05 bits per heavy atom. The van der Waals surface area contributed by atoms with E-state index in [1.54, 1.807) is 4.90 Å². The average molecular weight is 280 g/mol. The molecular weight excluding hydrogens is 253 g/mol. The maximum Gasteiger partial charge on any atom is 0.405 e. The third-order valence-corrected chi connectivity index (χ3v) is 3.95. The van der Waals surface area contributed by atoms with E-state index in [1.165, 1.54) is 6.92 Å². The SMILES string of the molecule is CC(C)CCN(C1CCCC1)C(C(C)N)C(F)(F)F. The Hall–Kier alpha value is -0.290. The normalized spacial score (nSPS) is 21.3. The predicted octanol–water partition coefficient (Wildman–Crippen LogP) is 3.56. The van der Waals surface area contributed by atoms with Crippen molar-refractivity contribution < 1.29 is 13.2 Å². The van der Waals surface area contributed by atoms with Crippen molar-refractivity contribution in [2.24, 2.45) is 11.7 Å². The van der Waals surface area contributed by atoms with Crippen molar-refractivity contribution in [2.45, 2.75) is 77.2 Å². The Balaban J connectivity index is 2.84. The predicted molar refractivity (Wildman–Crippen MR) is 71.9 cm³/mol. The molecule has 0 spiro atoms. The van der Waals surface area contributed by atoms with Gasteiger partial charge in [-0.2, -0.15) is 13.2 Å². The number of hydrogen-bond donors (Lipinski definition) is 1. The lowest BCUT2D eigenvalue weighted by molar-refractivity contribution is -0.194. The quantitative estimate of drug-likeness (QED) is 0.806. The second kappa shape index (κ2) is 6.93. The van der Waals surface area contributed by atoms with Crippen LogP contribution in [-0.4, -0.2) is 35.7 Å². The molecule has 1 rings (SSSR count). The second-order valence-corrected chi connectivity index (χ2v) is 6.20. The van der Waals surface area contributed by atoms with Gasteiger partial charge in [-0.25, -0.2) is 0 Å². The molecule has 0 aromatic heterocycles. The first-order valence-electron chi connectivity index (χ1n) is 7.31. The first-order valence-corrected chi connectivity index (χ1v) is 7.31. The standard InChI is InChI=1S/C14H27F3N2/c1-10(2)8-9-19(12-6-4-5-7-12)13(11(3)18)14(15,16)17/h10-13H,4-9,18H2,1-3H3. The lowest BCUT2D eigenvalue weighted by atomic mass is 10.0. The molecule has 0 aliphatic heterocycles. The largest absolute Gasteiger partial charge is 0.405 e. The van der Waals surface area contributed by atoms with E-state index >= 15 is 0 Å². The highest BCUT2D eigenvalue weighted by molar-refractivity contribution is 4.91. The van der Waals surface area contributed by atoms with Gasteiger partial charge in [-0.05, 0) is 38.6 Å². The minimum Gasteiger partial charge on any atom is -0.326 e. The molecule has 19 heavy (non-hydrogen) atoms. The van der Waals surface area contributed by atoms with Gasteiger partial charge in [-0.15, -0.1) is 0 Å². The summed E-state index contributed by atoms with van der Waals surface area (Å²) >= 11 is 0. The van der Waals surface area contributed by atoms with E-state index in [4.69, 9.17) is 5.73 Å². The number of nitrogens with two attached hydrogens (primary N) is 1. The van der Waals surface area contributed by atoms with Crippen molar-refractivity contribution in [3.05, 3.63) is 0 Å². The summed E-state index contributed by atoms with van der Waals surface area (Å²) in [4.78, 5) is 1.64. The van der Waals surface area contributed by atoms with Crippen LogP contribution in [0.3, 0.4) is 0 Å². The number of rotatable bonds is 6. The highest BCUT2D eigenvalue weighted by Crippen LogP contribution is 2.33. The fourth-order valence-electron chi connectivity index (χ4n) is 2.98. The maximum atomic E-state index is 13.3. The lowest BCUT2D eigenvalue weighted by Gasteiger charge is -2.39. The van der Waals surface area contributed by atoms with E-state index in [-0.39, 0.29) is 6.04 Å². The number of nitrogens with zero attached hydrogens (tertiary/aromatic N) is 1. The van der Waals surface area contributed by atoms with Crippen LogP contribution in [0, 0.1) is 5.92 Å². The van der Waals surface area contributed by atoms with E-state index in [0.717, 1.165) is 32.1 Å². The fraction of sp³-hybridized carbons (Fsp3) is 1.00. The summed E-state index contributed by atoms with van der Waals surface area (Å²) in [7, 11) is 0. The summed E-state index contributed by atoms with van der Waals surface area (Å²) in [6, 6.07) is -2.33. The smallest absolute Gasteiger partial charge is 0.326 e. The first-order chi connectivity index (χ1) is 8.73. The Kier molecular flexibility index (Phi) is 6.12. The lowest BCUT2D eigenvalue weighted by Crippen LogP contribution is -2.58. The van der Waals surface area contributed by atoms with Gasteiger partial charge in [0.1, 0.15) is 6.04 Å². The molecule has 0 aromatic rings. The highest BCUT2D eigenvalue weighted by atomic mass is 19.4. The Bertz CT molecular complexity index is 258. The van der Waals surface area contributed by atoms with Crippen LogP contribution in [0.25, 0.3) is 0 Å². The molecule has 114 valence electrons. The highest BCUT2D eigenvalue weighted by Gasteiger charge is 2.47. The monoisotopic (exact) mass is 280 g/mol. The van der Waals surface area contributed by atoms with Gasteiger partial charge in [0, 0.05) is 12.1 Å². The topological polar surface area (TPSA) is 29.3 Å². The van der Waals surface area contributed by atoms with Gasteiger partial charge in [0.05, 0.1) is 0 Å². The molecule has 2 N–H and O–H groups in total. The molecule has 1 aliphatic carbocycles. The maximum absolute atomic E-state index is 13.3. The Morgan fingerprint density at radius 1 is 1.16 bits per heavy atom. The van der Waals surface area contributed by atoms with Gasteiger partial charge in [0.15, 0.2) is 0 Å². The van der Waals surface area contributed by atoms with Crippen molar-refractivity contribution >= 4 is 0 Å². The van der Waals surface area contributed by atoms with Gasteiger partial charge in [-0.1, -0.05) is 26.7 Å². The van der Waals surface area contributed by atoms with E-state index in [1.807, 2.05) is 13.8 Å². The zero-order chi connectivity index (χ0) is 14.6. The van der Waals surface area contributed by atoms with Crippen molar-refractivity contribution in [1.82, 2.24) is 4.90 Å². The summed E-state index contributed by atoms with van der Waals surface area (Å²) < 4.78 is 39.8. The van der Waals surface area contributed by atoms with E-state index < -0.39 is 18.3 Å². The van der Waals surface area contributed by atoms with Gasteiger partial charge in [0.25, 0.3) is 0 Å². The van der Waals surface area contributed by atoms with Gasteiger partial charge < -0.3 is 5.73 Å². The molecule has 0 heterocycles. The van der Waals surface area contributed by atoms with Gasteiger partial charge in [-0.3, -0.25) is 4.90 Å². The van der Waals surface area contributed by atoms with Crippen molar-refractivity contribution in [2.75, 3.05) is 6.54 Å². The van der Waals surface area contributed by atoms with Gasteiger partial charge >= 0.3 is 6.18 Å². The van der Waals surface area contributed by atoms with Crippen LogP contribution in [-0.2, 0) is 0 Å². The molecule has 0 radical (unpaired) electrons. The molecule has 0 aromatic carbocycles. The minimum absolute atomic E-state index is 0.0522.